The molecule has 1 aliphatic rings. The summed E-state index contributed by atoms with van der Waals surface area (Å²) in [5.74, 6) is 0. The van der Waals surface area contributed by atoms with Crippen molar-refractivity contribution in [2.75, 3.05) is 32.7 Å². The molecule has 0 amide bonds. The molecule has 0 saturated carbocycles. The van der Waals surface area contributed by atoms with Crippen LogP contribution in [0.3, 0.4) is 0 Å². The van der Waals surface area contributed by atoms with Crippen LogP contribution in [-0.4, -0.2) is 53.0 Å². The molecule has 1 aliphatic heterocycles. The summed E-state index contributed by atoms with van der Waals surface area (Å²) < 4.78 is 0. The summed E-state index contributed by atoms with van der Waals surface area (Å²) in [7, 11) is 0. The number of hydrogen-bond acceptors (Lipinski definition) is 4. The number of piperazine rings is 1. The molecule has 0 aliphatic carbocycles. The Labute approximate surface area is 90.2 Å². The van der Waals surface area contributed by atoms with Crippen LogP contribution in [0.1, 0.15) is 18.3 Å². The molecule has 1 aromatic heterocycles. The Kier molecular flexibility index (Phi) is 3.69. The Bertz CT molecular complexity index is 290. The van der Waals surface area contributed by atoms with Gasteiger partial charge < -0.3 is 10.2 Å². The molecular weight excluding hydrogens is 190 g/mol. The minimum Gasteiger partial charge on any atom is -0.314 e. The summed E-state index contributed by atoms with van der Waals surface area (Å²) in [6, 6.07) is 0. The number of aromatic amines is 1. The predicted octanol–water partition coefficient (Wildman–Crippen LogP) is -0.185. The second-order valence-corrected chi connectivity index (χ2v) is 3.91. The number of aryl methyl sites for hydroxylation is 1. The molecule has 1 fully saturated rings. The fourth-order valence-electron chi connectivity index (χ4n) is 1.96. The van der Waals surface area contributed by atoms with Crippen LogP contribution < -0.4 is 5.32 Å². The van der Waals surface area contributed by atoms with Crippen molar-refractivity contribution in [3.63, 3.8) is 0 Å². The van der Waals surface area contributed by atoms with Gasteiger partial charge in [0.15, 0.2) is 0 Å². The van der Waals surface area contributed by atoms with E-state index in [9.17, 15) is 0 Å². The van der Waals surface area contributed by atoms with Gasteiger partial charge in [0.1, 0.15) is 0 Å². The Morgan fingerprint density at radius 2 is 1.93 bits per heavy atom. The first-order valence-electron chi connectivity index (χ1n) is 5.71. The van der Waals surface area contributed by atoms with Gasteiger partial charge in [-0.25, -0.2) is 0 Å². The lowest BCUT2D eigenvalue weighted by Crippen LogP contribution is -2.44. The minimum atomic E-state index is 0.966. The van der Waals surface area contributed by atoms with Crippen molar-refractivity contribution in [1.29, 1.82) is 0 Å². The van der Waals surface area contributed by atoms with Gasteiger partial charge in [-0.1, -0.05) is 6.92 Å². The second-order valence-electron chi connectivity index (χ2n) is 3.91. The molecule has 2 rings (SSSR count). The SMILES string of the molecule is CCc1n[nH]nc1CCN1CCNCC1. The summed E-state index contributed by atoms with van der Waals surface area (Å²) in [5, 5.41) is 14.4. The maximum atomic E-state index is 4.19. The van der Waals surface area contributed by atoms with Crippen LogP contribution in [0.2, 0.25) is 0 Å². The number of hydrogen-bond donors (Lipinski definition) is 2. The van der Waals surface area contributed by atoms with E-state index in [0.717, 1.165) is 57.0 Å². The monoisotopic (exact) mass is 209 g/mol. The maximum Gasteiger partial charge on any atom is 0.0869 e. The molecule has 5 heteroatoms. The van der Waals surface area contributed by atoms with E-state index in [1.165, 1.54) is 0 Å². The first-order chi connectivity index (χ1) is 7.40. The highest BCUT2D eigenvalue weighted by Crippen LogP contribution is 2.04. The third-order valence-electron chi connectivity index (χ3n) is 2.91. The lowest BCUT2D eigenvalue weighted by molar-refractivity contribution is 0.243. The summed E-state index contributed by atoms with van der Waals surface area (Å²) in [6.07, 6.45) is 1.98. The molecule has 2 N–H and O–H groups in total. The van der Waals surface area contributed by atoms with Crippen LogP contribution in [0.15, 0.2) is 0 Å². The fourth-order valence-corrected chi connectivity index (χ4v) is 1.96. The summed E-state index contributed by atoms with van der Waals surface area (Å²) in [5.41, 5.74) is 2.25. The molecule has 0 aromatic carbocycles. The molecule has 0 spiro atoms. The van der Waals surface area contributed by atoms with Gasteiger partial charge in [-0.3, -0.25) is 0 Å². The topological polar surface area (TPSA) is 56.8 Å². The summed E-state index contributed by atoms with van der Waals surface area (Å²) in [6.45, 7) is 7.74. The number of H-pyrrole nitrogens is 1. The number of rotatable bonds is 4. The Hall–Kier alpha value is -0.940. The molecule has 0 unspecified atom stereocenters. The van der Waals surface area contributed by atoms with Gasteiger partial charge in [0.05, 0.1) is 11.4 Å². The molecule has 1 aromatic rings. The van der Waals surface area contributed by atoms with Gasteiger partial charge in [-0.05, 0) is 6.42 Å². The number of nitrogens with zero attached hydrogens (tertiary/aromatic N) is 3. The summed E-state index contributed by atoms with van der Waals surface area (Å²) >= 11 is 0. The van der Waals surface area contributed by atoms with Gasteiger partial charge in [0.25, 0.3) is 0 Å². The van der Waals surface area contributed by atoms with Gasteiger partial charge in [0.2, 0.25) is 0 Å². The second kappa shape index (κ2) is 5.23. The third-order valence-corrected chi connectivity index (χ3v) is 2.91. The van der Waals surface area contributed by atoms with E-state index >= 15 is 0 Å². The molecule has 0 bridgehead atoms. The average Bonchev–Trinajstić information content (AvgIpc) is 2.75. The largest absolute Gasteiger partial charge is 0.314 e. The van der Waals surface area contributed by atoms with Crippen molar-refractivity contribution in [3.8, 4) is 0 Å². The lowest BCUT2D eigenvalue weighted by Gasteiger charge is -2.26. The van der Waals surface area contributed by atoms with Gasteiger partial charge in [-0.15, -0.1) is 0 Å². The van der Waals surface area contributed by atoms with Gasteiger partial charge in [-0.2, -0.15) is 15.4 Å². The Morgan fingerprint density at radius 1 is 1.20 bits per heavy atom. The summed E-state index contributed by atoms with van der Waals surface area (Å²) in [4.78, 5) is 2.48. The zero-order chi connectivity index (χ0) is 10.5. The van der Waals surface area contributed by atoms with Crippen LogP contribution in [0, 0.1) is 0 Å². The first kappa shape index (κ1) is 10.6. The van der Waals surface area contributed by atoms with E-state index in [1.54, 1.807) is 0 Å². The highest BCUT2D eigenvalue weighted by molar-refractivity contribution is 5.08. The van der Waals surface area contributed by atoms with E-state index in [1.807, 2.05) is 0 Å². The van der Waals surface area contributed by atoms with E-state index in [4.69, 9.17) is 0 Å². The minimum absolute atomic E-state index is 0.966. The third kappa shape index (κ3) is 2.76. The van der Waals surface area contributed by atoms with Crippen molar-refractivity contribution in [2.24, 2.45) is 0 Å². The molecular formula is C10H19N5. The Morgan fingerprint density at radius 3 is 2.67 bits per heavy atom. The number of nitrogens with one attached hydrogen (secondary N) is 2. The van der Waals surface area contributed by atoms with Crippen molar-refractivity contribution in [1.82, 2.24) is 25.6 Å². The van der Waals surface area contributed by atoms with E-state index in [2.05, 4.69) is 32.6 Å². The zero-order valence-corrected chi connectivity index (χ0v) is 9.29. The molecule has 1 saturated heterocycles. The average molecular weight is 209 g/mol. The maximum absolute atomic E-state index is 4.19. The normalized spacial score (nSPS) is 18.2. The van der Waals surface area contributed by atoms with E-state index in [0.29, 0.717) is 0 Å². The molecule has 5 nitrogen and oxygen atoms in total. The van der Waals surface area contributed by atoms with Crippen LogP contribution in [0.25, 0.3) is 0 Å². The van der Waals surface area contributed by atoms with Crippen LogP contribution >= 0.6 is 0 Å². The number of aromatic nitrogens is 3. The Balaban J connectivity index is 1.81. The van der Waals surface area contributed by atoms with Crippen molar-refractivity contribution < 1.29 is 0 Å². The zero-order valence-electron chi connectivity index (χ0n) is 9.29. The highest BCUT2D eigenvalue weighted by Gasteiger charge is 2.11. The molecule has 15 heavy (non-hydrogen) atoms. The molecule has 0 radical (unpaired) electrons. The van der Waals surface area contributed by atoms with E-state index in [-0.39, 0.29) is 0 Å². The molecule has 2 heterocycles. The van der Waals surface area contributed by atoms with Crippen molar-refractivity contribution in [2.45, 2.75) is 19.8 Å². The predicted molar refractivity (Wildman–Crippen MR) is 58.8 cm³/mol. The highest BCUT2D eigenvalue weighted by atomic mass is 15.3. The van der Waals surface area contributed by atoms with Gasteiger partial charge >= 0.3 is 0 Å². The fraction of sp³-hybridized carbons (Fsp3) is 0.800. The molecule has 0 atom stereocenters. The smallest absolute Gasteiger partial charge is 0.0869 e. The van der Waals surface area contributed by atoms with Crippen LogP contribution in [0.5, 0.6) is 0 Å². The van der Waals surface area contributed by atoms with Gasteiger partial charge in [0, 0.05) is 39.1 Å². The standard InChI is InChI=1S/C10H19N5/c1-2-9-10(13-14-12-9)3-6-15-7-4-11-5-8-15/h11H,2-8H2,1H3,(H,12,13,14). The van der Waals surface area contributed by atoms with Crippen LogP contribution in [0.4, 0.5) is 0 Å². The quantitative estimate of drug-likeness (QED) is 0.722. The van der Waals surface area contributed by atoms with Crippen molar-refractivity contribution >= 4 is 0 Å². The van der Waals surface area contributed by atoms with Crippen LogP contribution in [-0.2, 0) is 12.8 Å². The molecule has 84 valence electrons. The van der Waals surface area contributed by atoms with Crippen molar-refractivity contribution in [3.05, 3.63) is 11.4 Å². The lowest BCUT2D eigenvalue weighted by atomic mass is 10.2. The first-order valence-corrected chi connectivity index (χ1v) is 5.71. The van der Waals surface area contributed by atoms with E-state index < -0.39 is 0 Å².